The SMILES string of the molecule is CCOC(=O)/C(C=Nc1ccccc1Cl)=C(\O)c1ccccc1Cl. The molecule has 0 saturated heterocycles. The number of esters is 1. The third kappa shape index (κ3) is 4.37. The first kappa shape index (κ1) is 18.0. The van der Waals surface area contributed by atoms with Crippen LogP contribution in [0.25, 0.3) is 5.76 Å². The van der Waals surface area contributed by atoms with Gasteiger partial charge in [0, 0.05) is 11.8 Å². The van der Waals surface area contributed by atoms with E-state index >= 15 is 0 Å². The number of aliphatic hydroxyl groups is 1. The molecule has 4 nitrogen and oxygen atoms in total. The van der Waals surface area contributed by atoms with Crippen LogP contribution in [0.5, 0.6) is 0 Å². The minimum Gasteiger partial charge on any atom is -0.506 e. The van der Waals surface area contributed by atoms with Crippen molar-refractivity contribution in [1.82, 2.24) is 0 Å². The summed E-state index contributed by atoms with van der Waals surface area (Å²) >= 11 is 12.1. The van der Waals surface area contributed by atoms with Crippen LogP contribution in [0.2, 0.25) is 10.0 Å². The molecule has 0 aliphatic rings. The predicted octanol–water partition coefficient (Wildman–Crippen LogP) is 5.23. The molecule has 2 rings (SSSR count). The first-order valence-electron chi connectivity index (χ1n) is 7.18. The Balaban J connectivity index is 2.49. The van der Waals surface area contributed by atoms with E-state index in [2.05, 4.69) is 4.99 Å². The summed E-state index contributed by atoms with van der Waals surface area (Å²) in [4.78, 5) is 16.3. The standard InChI is InChI=1S/C18H15Cl2NO3/c1-2-24-18(23)13(11-21-16-10-6-5-9-15(16)20)17(22)12-7-3-4-8-14(12)19/h3-11,22H,2H2,1H3/b17-13-,21-11?. The lowest BCUT2D eigenvalue weighted by atomic mass is 10.1. The first-order chi connectivity index (χ1) is 11.5. The monoisotopic (exact) mass is 363 g/mol. The molecule has 0 unspecified atom stereocenters. The minimum atomic E-state index is -0.703. The maximum atomic E-state index is 12.2. The van der Waals surface area contributed by atoms with Crippen LogP contribution in [0.1, 0.15) is 12.5 Å². The van der Waals surface area contributed by atoms with E-state index in [1.807, 2.05) is 0 Å². The minimum absolute atomic E-state index is 0.107. The molecular formula is C18H15Cl2NO3. The second-order valence-corrected chi connectivity index (χ2v) is 5.49. The molecule has 0 bridgehead atoms. The summed E-state index contributed by atoms with van der Waals surface area (Å²) in [6.45, 7) is 1.84. The third-order valence-corrected chi connectivity index (χ3v) is 3.71. The summed E-state index contributed by atoms with van der Waals surface area (Å²) in [5.41, 5.74) is 0.672. The van der Waals surface area contributed by atoms with Crippen molar-refractivity contribution in [2.24, 2.45) is 4.99 Å². The van der Waals surface area contributed by atoms with Gasteiger partial charge in [-0.25, -0.2) is 4.79 Å². The molecule has 0 heterocycles. The van der Waals surface area contributed by atoms with Crippen molar-refractivity contribution >= 4 is 46.8 Å². The fourth-order valence-corrected chi connectivity index (χ4v) is 2.32. The Bertz CT molecular complexity index is 800. The highest BCUT2D eigenvalue weighted by atomic mass is 35.5. The fraction of sp³-hybridized carbons (Fsp3) is 0.111. The molecule has 0 fully saturated rings. The summed E-state index contributed by atoms with van der Waals surface area (Å²) in [6, 6.07) is 13.5. The van der Waals surface area contributed by atoms with Crippen LogP contribution in [0.4, 0.5) is 5.69 Å². The zero-order valence-corrected chi connectivity index (χ0v) is 14.4. The molecule has 0 aliphatic carbocycles. The number of aliphatic hydroxyl groups excluding tert-OH is 1. The van der Waals surface area contributed by atoms with Gasteiger partial charge in [-0.15, -0.1) is 0 Å². The largest absolute Gasteiger partial charge is 0.506 e. The number of nitrogens with zero attached hydrogens (tertiary/aromatic N) is 1. The number of rotatable bonds is 5. The first-order valence-corrected chi connectivity index (χ1v) is 7.94. The Kier molecular flexibility index (Phi) is 6.41. The van der Waals surface area contributed by atoms with Gasteiger partial charge in [0.05, 0.1) is 22.3 Å². The Morgan fingerprint density at radius 3 is 2.38 bits per heavy atom. The third-order valence-electron chi connectivity index (χ3n) is 3.06. The van der Waals surface area contributed by atoms with Crippen LogP contribution >= 0.6 is 23.2 Å². The van der Waals surface area contributed by atoms with Crippen LogP contribution in [0.15, 0.2) is 59.1 Å². The lowest BCUT2D eigenvalue weighted by Gasteiger charge is -2.08. The molecule has 0 saturated carbocycles. The number of hydrogen-bond donors (Lipinski definition) is 1. The lowest BCUT2D eigenvalue weighted by molar-refractivity contribution is -0.137. The van der Waals surface area contributed by atoms with E-state index in [1.165, 1.54) is 6.21 Å². The number of benzene rings is 2. The Hall–Kier alpha value is -2.30. The van der Waals surface area contributed by atoms with Crippen molar-refractivity contribution in [3.63, 3.8) is 0 Å². The molecule has 2 aromatic carbocycles. The molecule has 2 aromatic rings. The Labute approximate surface area is 150 Å². The zero-order chi connectivity index (χ0) is 17.5. The molecule has 24 heavy (non-hydrogen) atoms. The van der Waals surface area contributed by atoms with Gasteiger partial charge in [-0.1, -0.05) is 47.5 Å². The second-order valence-electron chi connectivity index (χ2n) is 4.67. The highest BCUT2D eigenvalue weighted by Gasteiger charge is 2.18. The van der Waals surface area contributed by atoms with Crippen LogP contribution in [0.3, 0.4) is 0 Å². The maximum absolute atomic E-state index is 12.2. The summed E-state index contributed by atoms with van der Waals surface area (Å²) in [7, 11) is 0. The van der Waals surface area contributed by atoms with Crippen LogP contribution < -0.4 is 0 Å². The average molecular weight is 364 g/mol. The predicted molar refractivity (Wildman–Crippen MR) is 97.2 cm³/mol. The number of aliphatic imine (C=N–C) groups is 1. The van der Waals surface area contributed by atoms with Crippen molar-refractivity contribution in [3.05, 3.63) is 69.7 Å². The molecule has 124 valence electrons. The Morgan fingerprint density at radius 1 is 1.12 bits per heavy atom. The summed E-state index contributed by atoms with van der Waals surface area (Å²) < 4.78 is 4.98. The van der Waals surface area contributed by atoms with Crippen molar-refractivity contribution in [2.75, 3.05) is 6.61 Å². The normalized spacial score (nSPS) is 12.1. The zero-order valence-electron chi connectivity index (χ0n) is 12.9. The van der Waals surface area contributed by atoms with E-state index in [1.54, 1.807) is 55.5 Å². The summed E-state index contributed by atoms with van der Waals surface area (Å²) in [5, 5.41) is 11.2. The van der Waals surface area contributed by atoms with E-state index in [0.717, 1.165) is 0 Å². The van der Waals surface area contributed by atoms with Crippen molar-refractivity contribution in [1.29, 1.82) is 0 Å². The van der Waals surface area contributed by atoms with Gasteiger partial charge in [0.2, 0.25) is 0 Å². The number of halogens is 2. The van der Waals surface area contributed by atoms with E-state index < -0.39 is 5.97 Å². The number of carbonyl (C=O) groups is 1. The van der Waals surface area contributed by atoms with Crippen molar-refractivity contribution in [3.8, 4) is 0 Å². The fourth-order valence-electron chi connectivity index (χ4n) is 1.91. The van der Waals surface area contributed by atoms with E-state index in [0.29, 0.717) is 21.3 Å². The highest BCUT2D eigenvalue weighted by molar-refractivity contribution is 6.33. The molecule has 0 radical (unpaired) electrons. The second kappa shape index (κ2) is 8.52. The van der Waals surface area contributed by atoms with Gasteiger partial charge >= 0.3 is 5.97 Å². The van der Waals surface area contributed by atoms with Crippen LogP contribution in [-0.4, -0.2) is 23.9 Å². The smallest absolute Gasteiger partial charge is 0.343 e. The van der Waals surface area contributed by atoms with Crippen molar-refractivity contribution in [2.45, 2.75) is 6.92 Å². The Morgan fingerprint density at radius 2 is 1.75 bits per heavy atom. The highest BCUT2D eigenvalue weighted by Crippen LogP contribution is 2.26. The average Bonchev–Trinajstić information content (AvgIpc) is 2.57. The lowest BCUT2D eigenvalue weighted by Crippen LogP contribution is -2.11. The van der Waals surface area contributed by atoms with Gasteiger partial charge in [-0.05, 0) is 31.2 Å². The maximum Gasteiger partial charge on any atom is 0.343 e. The molecule has 0 spiro atoms. The summed E-state index contributed by atoms with van der Waals surface area (Å²) in [6.07, 6.45) is 1.22. The number of ether oxygens (including phenoxy) is 1. The van der Waals surface area contributed by atoms with Gasteiger partial charge in [0.1, 0.15) is 11.3 Å². The molecule has 6 heteroatoms. The number of para-hydroxylation sites is 1. The number of carbonyl (C=O) groups excluding carboxylic acids is 1. The van der Waals surface area contributed by atoms with E-state index in [-0.39, 0.29) is 17.9 Å². The van der Waals surface area contributed by atoms with Gasteiger partial charge < -0.3 is 9.84 Å². The van der Waals surface area contributed by atoms with Gasteiger partial charge in [-0.2, -0.15) is 0 Å². The quantitative estimate of drug-likeness (QED) is 0.342. The van der Waals surface area contributed by atoms with Crippen molar-refractivity contribution < 1.29 is 14.6 Å². The molecule has 0 atom stereocenters. The van der Waals surface area contributed by atoms with E-state index in [9.17, 15) is 9.90 Å². The van der Waals surface area contributed by atoms with Crippen LogP contribution in [-0.2, 0) is 9.53 Å². The van der Waals surface area contributed by atoms with Gasteiger partial charge in [-0.3, -0.25) is 4.99 Å². The number of hydrogen-bond acceptors (Lipinski definition) is 4. The van der Waals surface area contributed by atoms with Gasteiger partial charge in [0.15, 0.2) is 0 Å². The molecule has 1 N–H and O–H groups in total. The molecular weight excluding hydrogens is 349 g/mol. The molecule has 0 aliphatic heterocycles. The summed E-state index contributed by atoms with van der Waals surface area (Å²) in [5.74, 6) is -1.01. The van der Waals surface area contributed by atoms with Gasteiger partial charge in [0.25, 0.3) is 0 Å². The molecule has 0 aromatic heterocycles. The molecule has 0 amide bonds. The topological polar surface area (TPSA) is 58.9 Å². The van der Waals surface area contributed by atoms with Crippen LogP contribution in [0, 0.1) is 0 Å². The van der Waals surface area contributed by atoms with E-state index in [4.69, 9.17) is 27.9 Å².